The van der Waals surface area contributed by atoms with Crippen LogP contribution in [0.2, 0.25) is 0 Å². The van der Waals surface area contributed by atoms with Crippen LogP contribution in [0.5, 0.6) is 5.75 Å². The van der Waals surface area contributed by atoms with Crippen LogP contribution in [0.25, 0.3) is 0 Å². The summed E-state index contributed by atoms with van der Waals surface area (Å²) in [4.78, 5) is 0. The average Bonchev–Trinajstić information content (AvgIpc) is 2.42. The summed E-state index contributed by atoms with van der Waals surface area (Å²) in [5.74, 6) is 0.459. The number of ether oxygens (including phenoxy) is 1. The second kappa shape index (κ2) is 6.40. The van der Waals surface area contributed by atoms with E-state index >= 15 is 0 Å². The van der Waals surface area contributed by atoms with Gasteiger partial charge in [0.15, 0.2) is 0 Å². The van der Waals surface area contributed by atoms with E-state index in [9.17, 15) is 4.39 Å². The van der Waals surface area contributed by atoms with Gasteiger partial charge in [0.2, 0.25) is 0 Å². The molecule has 2 aromatic carbocycles. The summed E-state index contributed by atoms with van der Waals surface area (Å²) in [7, 11) is 0. The third kappa shape index (κ3) is 3.28. The van der Waals surface area contributed by atoms with Gasteiger partial charge in [-0.15, -0.1) is 11.6 Å². The molecule has 0 spiro atoms. The fourth-order valence-corrected chi connectivity index (χ4v) is 2.49. The molecule has 0 fully saturated rings. The van der Waals surface area contributed by atoms with Gasteiger partial charge in [-0.1, -0.05) is 24.3 Å². The van der Waals surface area contributed by atoms with Crippen molar-refractivity contribution in [1.82, 2.24) is 0 Å². The highest BCUT2D eigenvalue weighted by atomic mass is 79.9. The summed E-state index contributed by atoms with van der Waals surface area (Å²) in [6.45, 7) is 2.54. The molecule has 0 aromatic heterocycles. The molecular weight excluding hydrogens is 331 g/mol. The van der Waals surface area contributed by atoms with Crippen molar-refractivity contribution in [1.29, 1.82) is 0 Å². The third-order valence-electron chi connectivity index (χ3n) is 2.74. The van der Waals surface area contributed by atoms with Crippen LogP contribution < -0.4 is 4.74 Å². The Morgan fingerprint density at radius 3 is 2.53 bits per heavy atom. The summed E-state index contributed by atoms with van der Waals surface area (Å²) in [6.07, 6.45) is 0. The van der Waals surface area contributed by atoms with E-state index < -0.39 is 5.38 Å². The molecule has 19 heavy (non-hydrogen) atoms. The van der Waals surface area contributed by atoms with Crippen LogP contribution in [0.1, 0.15) is 23.4 Å². The molecule has 2 rings (SSSR count). The maximum atomic E-state index is 14.0. The molecule has 0 N–H and O–H groups in total. The van der Waals surface area contributed by atoms with Gasteiger partial charge >= 0.3 is 0 Å². The maximum Gasteiger partial charge on any atom is 0.142 e. The van der Waals surface area contributed by atoms with Crippen LogP contribution in [0.4, 0.5) is 4.39 Å². The summed E-state index contributed by atoms with van der Waals surface area (Å²) in [5.41, 5.74) is 1.29. The molecule has 0 radical (unpaired) electrons. The highest BCUT2D eigenvalue weighted by Gasteiger charge is 2.16. The van der Waals surface area contributed by atoms with E-state index in [-0.39, 0.29) is 5.82 Å². The van der Waals surface area contributed by atoms with Crippen molar-refractivity contribution in [2.24, 2.45) is 0 Å². The van der Waals surface area contributed by atoms with Crippen LogP contribution in [0.15, 0.2) is 46.9 Å². The van der Waals surface area contributed by atoms with E-state index in [4.69, 9.17) is 16.3 Å². The zero-order valence-corrected chi connectivity index (χ0v) is 12.7. The highest BCUT2D eigenvalue weighted by Crippen LogP contribution is 2.33. The average molecular weight is 344 g/mol. The molecule has 0 amide bonds. The van der Waals surface area contributed by atoms with Crippen LogP contribution >= 0.6 is 27.5 Å². The van der Waals surface area contributed by atoms with Gasteiger partial charge in [0.1, 0.15) is 11.6 Å². The number of hydrogen-bond acceptors (Lipinski definition) is 1. The first-order valence-corrected chi connectivity index (χ1v) is 7.17. The van der Waals surface area contributed by atoms with E-state index in [0.717, 1.165) is 11.3 Å². The standard InChI is InChI=1S/C15H13BrClFO/c1-2-19-11-8-6-10(7-9-11)14(17)12-4-3-5-13(16)15(12)18/h3-9,14H,2H2,1H3. The normalized spacial score (nSPS) is 12.2. The van der Waals surface area contributed by atoms with Crippen molar-refractivity contribution in [3.63, 3.8) is 0 Å². The van der Waals surface area contributed by atoms with Crippen LogP contribution in [0.3, 0.4) is 0 Å². The number of hydrogen-bond donors (Lipinski definition) is 0. The Morgan fingerprint density at radius 2 is 1.89 bits per heavy atom. The Kier molecular flexibility index (Phi) is 4.83. The second-order valence-electron chi connectivity index (χ2n) is 4.01. The first kappa shape index (κ1) is 14.4. The minimum Gasteiger partial charge on any atom is -0.494 e. The Morgan fingerprint density at radius 1 is 1.21 bits per heavy atom. The zero-order chi connectivity index (χ0) is 13.8. The molecule has 0 aliphatic carbocycles. The number of benzene rings is 2. The summed E-state index contributed by atoms with van der Waals surface area (Å²) in [5, 5.41) is -0.520. The largest absolute Gasteiger partial charge is 0.494 e. The van der Waals surface area contributed by atoms with Crippen molar-refractivity contribution in [2.75, 3.05) is 6.61 Å². The second-order valence-corrected chi connectivity index (χ2v) is 5.30. The fraction of sp³-hybridized carbons (Fsp3) is 0.200. The molecule has 0 saturated carbocycles. The number of alkyl halides is 1. The highest BCUT2D eigenvalue weighted by molar-refractivity contribution is 9.10. The summed E-state index contributed by atoms with van der Waals surface area (Å²) in [6, 6.07) is 12.5. The molecule has 2 aromatic rings. The summed E-state index contributed by atoms with van der Waals surface area (Å²) < 4.78 is 19.8. The van der Waals surface area contributed by atoms with Gasteiger partial charge in [0.05, 0.1) is 16.5 Å². The third-order valence-corrected chi connectivity index (χ3v) is 3.84. The Hall–Kier alpha value is -1.06. The molecule has 1 nitrogen and oxygen atoms in total. The van der Waals surface area contributed by atoms with Gasteiger partial charge in [0, 0.05) is 5.56 Å². The number of halogens is 3. The van der Waals surface area contributed by atoms with Crippen molar-refractivity contribution in [2.45, 2.75) is 12.3 Å². The van der Waals surface area contributed by atoms with Crippen LogP contribution in [0, 0.1) is 5.82 Å². The quantitative estimate of drug-likeness (QED) is 0.683. The lowest BCUT2D eigenvalue weighted by molar-refractivity contribution is 0.340. The Balaban J connectivity index is 2.28. The maximum absolute atomic E-state index is 14.0. The smallest absolute Gasteiger partial charge is 0.142 e. The number of rotatable bonds is 4. The first-order valence-electron chi connectivity index (χ1n) is 5.94. The Labute approximate surface area is 125 Å². The summed E-state index contributed by atoms with van der Waals surface area (Å²) >= 11 is 9.50. The van der Waals surface area contributed by atoms with Gasteiger partial charge in [-0.2, -0.15) is 0 Å². The van der Waals surface area contributed by atoms with Crippen molar-refractivity contribution < 1.29 is 9.13 Å². The van der Waals surface area contributed by atoms with Crippen LogP contribution in [-0.2, 0) is 0 Å². The van der Waals surface area contributed by atoms with E-state index in [0.29, 0.717) is 16.6 Å². The van der Waals surface area contributed by atoms with Crippen molar-refractivity contribution in [3.8, 4) is 5.75 Å². The van der Waals surface area contributed by atoms with E-state index in [1.54, 1.807) is 18.2 Å². The molecule has 0 aliphatic rings. The van der Waals surface area contributed by atoms with Gasteiger partial charge in [-0.3, -0.25) is 0 Å². The minimum absolute atomic E-state index is 0.323. The van der Waals surface area contributed by atoms with E-state index in [2.05, 4.69) is 15.9 Å². The minimum atomic E-state index is -0.520. The predicted molar refractivity (Wildman–Crippen MR) is 79.4 cm³/mol. The molecule has 0 saturated heterocycles. The lowest BCUT2D eigenvalue weighted by Gasteiger charge is -2.13. The van der Waals surface area contributed by atoms with Gasteiger partial charge in [0.25, 0.3) is 0 Å². The molecule has 100 valence electrons. The lowest BCUT2D eigenvalue weighted by Crippen LogP contribution is -1.98. The first-order chi connectivity index (χ1) is 9.13. The van der Waals surface area contributed by atoms with E-state index in [1.165, 1.54) is 0 Å². The fourth-order valence-electron chi connectivity index (χ4n) is 1.80. The van der Waals surface area contributed by atoms with E-state index in [1.807, 2.05) is 31.2 Å². The molecule has 1 unspecified atom stereocenters. The molecule has 1 atom stereocenters. The lowest BCUT2D eigenvalue weighted by atomic mass is 10.0. The zero-order valence-electron chi connectivity index (χ0n) is 10.4. The van der Waals surface area contributed by atoms with Crippen molar-refractivity contribution >= 4 is 27.5 Å². The predicted octanol–water partition coefficient (Wildman–Crippen LogP) is 5.32. The molecule has 0 aliphatic heterocycles. The van der Waals surface area contributed by atoms with Gasteiger partial charge in [-0.05, 0) is 46.6 Å². The molecular formula is C15H13BrClFO. The van der Waals surface area contributed by atoms with Crippen molar-refractivity contribution in [3.05, 3.63) is 63.9 Å². The molecule has 0 bridgehead atoms. The topological polar surface area (TPSA) is 9.23 Å². The molecule has 0 heterocycles. The molecule has 4 heteroatoms. The Bertz CT molecular complexity index is 557. The monoisotopic (exact) mass is 342 g/mol. The van der Waals surface area contributed by atoms with Gasteiger partial charge in [-0.25, -0.2) is 4.39 Å². The van der Waals surface area contributed by atoms with Gasteiger partial charge < -0.3 is 4.74 Å². The SMILES string of the molecule is CCOc1ccc(C(Cl)c2cccc(Br)c2F)cc1. The van der Waals surface area contributed by atoms with Crippen LogP contribution in [-0.4, -0.2) is 6.61 Å².